The second-order valence-corrected chi connectivity index (χ2v) is 4.82. The maximum atomic E-state index is 12.4. The molecule has 0 unspecified atom stereocenters. The molecule has 21 heavy (non-hydrogen) atoms. The van der Waals surface area contributed by atoms with Crippen molar-refractivity contribution in [3.8, 4) is 17.4 Å². The zero-order chi connectivity index (χ0) is 14.8. The predicted molar refractivity (Wildman–Crippen MR) is 69.2 cm³/mol. The van der Waals surface area contributed by atoms with Crippen molar-refractivity contribution in [1.29, 1.82) is 0 Å². The van der Waals surface area contributed by atoms with Crippen LogP contribution in [-0.2, 0) is 0 Å². The van der Waals surface area contributed by atoms with E-state index in [-0.39, 0.29) is 11.6 Å². The van der Waals surface area contributed by atoms with E-state index >= 15 is 0 Å². The van der Waals surface area contributed by atoms with Crippen LogP contribution in [-0.4, -0.2) is 36.3 Å². The standard InChI is InChI=1S/C14H15N3O4/c1-20-11-6-4-10(5-7-11)17-12(14(19)21-15-17)13(18)16-8-2-3-9-16/h4-7H,2-3,8-9H2,1H3. The Morgan fingerprint density at radius 1 is 1.33 bits per heavy atom. The number of hydrogen-bond acceptors (Lipinski definition) is 5. The molecule has 0 aliphatic carbocycles. The fourth-order valence-corrected chi connectivity index (χ4v) is 2.40. The van der Waals surface area contributed by atoms with Crippen molar-refractivity contribution in [1.82, 2.24) is 10.2 Å². The molecule has 0 N–H and O–H groups in total. The van der Waals surface area contributed by atoms with E-state index in [1.165, 1.54) is 4.68 Å². The summed E-state index contributed by atoms with van der Waals surface area (Å²) in [6, 6.07) is 6.88. The molecule has 7 nitrogen and oxygen atoms in total. The number of ether oxygens (including phenoxy) is 1. The van der Waals surface area contributed by atoms with Gasteiger partial charge in [-0.1, -0.05) is 0 Å². The van der Waals surface area contributed by atoms with Crippen molar-refractivity contribution >= 4 is 5.91 Å². The Labute approximate surface area is 121 Å². The topological polar surface area (TPSA) is 82.5 Å². The Balaban J connectivity index is 1.97. The van der Waals surface area contributed by atoms with Crippen LogP contribution in [0.3, 0.4) is 0 Å². The lowest BCUT2D eigenvalue weighted by Crippen LogP contribution is -2.43. The van der Waals surface area contributed by atoms with Gasteiger partial charge in [-0.15, -0.1) is 0 Å². The zero-order valence-corrected chi connectivity index (χ0v) is 11.6. The Hall–Kier alpha value is -2.57. The highest BCUT2D eigenvalue weighted by Crippen LogP contribution is 2.18. The summed E-state index contributed by atoms with van der Waals surface area (Å²) in [4.78, 5) is 14.1. The van der Waals surface area contributed by atoms with Gasteiger partial charge in [0.05, 0.1) is 12.4 Å². The van der Waals surface area contributed by atoms with Crippen LogP contribution in [0.5, 0.6) is 11.7 Å². The highest BCUT2D eigenvalue weighted by Gasteiger charge is 2.32. The summed E-state index contributed by atoms with van der Waals surface area (Å²) in [5.41, 5.74) is 0.506. The Morgan fingerprint density at radius 3 is 2.62 bits per heavy atom. The molecule has 1 aromatic heterocycles. The molecular formula is C14H15N3O4. The van der Waals surface area contributed by atoms with Crippen LogP contribution in [0, 0.1) is 0 Å². The summed E-state index contributed by atoms with van der Waals surface area (Å²) in [5, 5.41) is 15.5. The molecule has 2 heterocycles. The van der Waals surface area contributed by atoms with Crippen LogP contribution in [0.2, 0.25) is 0 Å². The van der Waals surface area contributed by atoms with Gasteiger partial charge in [0.1, 0.15) is 5.75 Å². The van der Waals surface area contributed by atoms with Crippen molar-refractivity contribution in [2.24, 2.45) is 0 Å². The average molecular weight is 289 g/mol. The molecular weight excluding hydrogens is 274 g/mol. The molecule has 3 rings (SSSR count). The Kier molecular flexibility index (Phi) is 3.47. The summed E-state index contributed by atoms with van der Waals surface area (Å²) >= 11 is 0. The van der Waals surface area contributed by atoms with E-state index in [9.17, 15) is 9.90 Å². The number of rotatable bonds is 3. The van der Waals surface area contributed by atoms with Crippen molar-refractivity contribution in [3.05, 3.63) is 30.0 Å². The number of nitrogens with zero attached hydrogens (tertiary/aromatic N) is 3. The van der Waals surface area contributed by atoms with E-state index < -0.39 is 5.95 Å². The Bertz CT molecular complexity index is 645. The number of hydrogen-bond donors (Lipinski definition) is 0. The second kappa shape index (κ2) is 5.43. The van der Waals surface area contributed by atoms with Gasteiger partial charge < -0.3 is 19.3 Å². The van der Waals surface area contributed by atoms with Crippen molar-refractivity contribution < 1.29 is 23.8 Å². The quantitative estimate of drug-likeness (QED) is 0.757. The smallest absolute Gasteiger partial charge is 0.327 e. The highest BCUT2D eigenvalue weighted by atomic mass is 16.6. The first-order valence-corrected chi connectivity index (χ1v) is 6.73. The lowest BCUT2D eigenvalue weighted by Gasteiger charge is -2.12. The van der Waals surface area contributed by atoms with Gasteiger partial charge in [0.15, 0.2) is 5.95 Å². The van der Waals surface area contributed by atoms with Gasteiger partial charge in [-0.3, -0.25) is 4.79 Å². The normalized spacial score (nSPS) is 14.4. The average Bonchev–Trinajstić information content (AvgIpc) is 3.16. The van der Waals surface area contributed by atoms with E-state index in [0.717, 1.165) is 12.8 Å². The molecule has 1 amide bonds. The van der Waals surface area contributed by atoms with Gasteiger partial charge in [0.25, 0.3) is 0 Å². The molecule has 110 valence electrons. The number of amides is 1. The van der Waals surface area contributed by atoms with Crippen LogP contribution in [0.25, 0.3) is 5.69 Å². The summed E-state index contributed by atoms with van der Waals surface area (Å²) in [6.07, 6.45) is 1.90. The molecule has 0 atom stereocenters. The maximum Gasteiger partial charge on any atom is 0.327 e. The molecule has 0 spiro atoms. The molecule has 1 aliphatic rings. The first-order valence-electron chi connectivity index (χ1n) is 6.73. The minimum absolute atomic E-state index is 0.0675. The van der Waals surface area contributed by atoms with Crippen LogP contribution in [0.15, 0.2) is 28.8 Å². The van der Waals surface area contributed by atoms with Gasteiger partial charge in [-0.25, -0.2) is 0 Å². The summed E-state index contributed by atoms with van der Waals surface area (Å²) in [7, 11) is 1.57. The predicted octanol–water partition coefficient (Wildman–Crippen LogP) is 0.269. The van der Waals surface area contributed by atoms with E-state index in [2.05, 4.69) is 9.79 Å². The van der Waals surface area contributed by atoms with Crippen molar-refractivity contribution in [3.63, 3.8) is 0 Å². The van der Waals surface area contributed by atoms with E-state index in [1.54, 1.807) is 36.3 Å². The SMILES string of the molecule is COc1ccc(-[n+]2noc([O-])c2C(=O)N2CCCC2)cc1. The minimum Gasteiger partial charge on any atom is -0.538 e. The number of methoxy groups -OCH3 is 1. The van der Waals surface area contributed by atoms with Crippen LogP contribution in [0.4, 0.5) is 0 Å². The largest absolute Gasteiger partial charge is 0.538 e. The molecule has 2 aromatic rings. The molecule has 0 bridgehead atoms. The number of carbonyl (C=O) groups excluding carboxylic acids is 1. The zero-order valence-electron chi connectivity index (χ0n) is 11.6. The van der Waals surface area contributed by atoms with Crippen LogP contribution < -0.4 is 14.5 Å². The number of likely N-dealkylation sites (tertiary alicyclic amines) is 1. The first kappa shape index (κ1) is 13.4. The third kappa shape index (κ3) is 2.42. The summed E-state index contributed by atoms with van der Waals surface area (Å²) < 4.78 is 11.0. The lowest BCUT2D eigenvalue weighted by atomic mass is 10.3. The van der Waals surface area contributed by atoms with Crippen molar-refractivity contribution in [2.45, 2.75) is 12.8 Å². The number of carbonyl (C=O) groups is 1. The van der Waals surface area contributed by atoms with Gasteiger partial charge in [0.2, 0.25) is 5.69 Å². The fourth-order valence-electron chi connectivity index (χ4n) is 2.40. The Morgan fingerprint density at radius 2 is 2.00 bits per heavy atom. The van der Waals surface area contributed by atoms with Gasteiger partial charge in [-0.05, 0) is 29.7 Å². The lowest BCUT2D eigenvalue weighted by molar-refractivity contribution is -0.672. The third-order valence-electron chi connectivity index (χ3n) is 3.52. The highest BCUT2D eigenvalue weighted by molar-refractivity contribution is 5.92. The maximum absolute atomic E-state index is 12.4. The van der Waals surface area contributed by atoms with Gasteiger partial charge in [0, 0.05) is 25.2 Å². The number of benzene rings is 1. The summed E-state index contributed by atoms with van der Waals surface area (Å²) in [5.74, 6) is -0.380. The van der Waals surface area contributed by atoms with Crippen molar-refractivity contribution in [2.75, 3.05) is 20.2 Å². The second-order valence-electron chi connectivity index (χ2n) is 4.82. The molecule has 0 radical (unpaired) electrons. The molecule has 1 aliphatic heterocycles. The van der Waals surface area contributed by atoms with Gasteiger partial charge >= 0.3 is 11.6 Å². The molecule has 1 saturated heterocycles. The van der Waals surface area contributed by atoms with Gasteiger partial charge in [-0.2, -0.15) is 0 Å². The molecule has 0 saturated carbocycles. The molecule has 1 aromatic carbocycles. The van der Waals surface area contributed by atoms with E-state index in [4.69, 9.17) is 4.74 Å². The first-order chi connectivity index (χ1) is 10.2. The van der Waals surface area contributed by atoms with Crippen LogP contribution >= 0.6 is 0 Å². The molecule has 7 heteroatoms. The number of aromatic nitrogens is 2. The third-order valence-corrected chi connectivity index (χ3v) is 3.52. The van der Waals surface area contributed by atoms with Crippen LogP contribution in [0.1, 0.15) is 23.3 Å². The summed E-state index contributed by atoms with van der Waals surface area (Å²) in [6.45, 7) is 1.32. The molecule has 1 fully saturated rings. The fraction of sp³-hybridized carbons (Fsp3) is 0.357. The minimum atomic E-state index is -0.720. The van der Waals surface area contributed by atoms with E-state index in [0.29, 0.717) is 24.5 Å². The monoisotopic (exact) mass is 289 g/mol. The van der Waals surface area contributed by atoms with E-state index in [1.807, 2.05) is 0 Å².